The summed E-state index contributed by atoms with van der Waals surface area (Å²) in [5.74, 6) is 0.816. The van der Waals surface area contributed by atoms with Gasteiger partial charge in [0.15, 0.2) is 0 Å². The van der Waals surface area contributed by atoms with Crippen molar-refractivity contribution in [2.24, 2.45) is 5.92 Å². The first kappa shape index (κ1) is 14.5. The fraction of sp³-hybridized carbons (Fsp3) is 0.714. The van der Waals surface area contributed by atoms with Gasteiger partial charge in [-0.25, -0.2) is 4.98 Å². The maximum Gasteiger partial charge on any atom is 0.226 e. The molecule has 0 bridgehead atoms. The zero-order valence-electron chi connectivity index (χ0n) is 11.6. The number of aromatic nitrogens is 1. The first-order valence-electron chi connectivity index (χ1n) is 7.18. The molecule has 0 aliphatic carbocycles. The van der Waals surface area contributed by atoms with Crippen LogP contribution in [0.3, 0.4) is 0 Å². The zero-order chi connectivity index (χ0) is 13.5. The first-order valence-corrected chi connectivity index (χ1v) is 8.06. The van der Waals surface area contributed by atoms with Crippen LogP contribution >= 0.6 is 11.3 Å². The molecule has 2 N–H and O–H groups in total. The molecular formula is C14H23N3OS. The summed E-state index contributed by atoms with van der Waals surface area (Å²) in [6, 6.07) is 0. The lowest BCUT2D eigenvalue weighted by molar-refractivity contribution is -0.120. The summed E-state index contributed by atoms with van der Waals surface area (Å²) in [5, 5.41) is 9.50. The average molecular weight is 281 g/mol. The zero-order valence-corrected chi connectivity index (χ0v) is 12.4. The van der Waals surface area contributed by atoms with Crippen LogP contribution in [0.2, 0.25) is 0 Å². The number of carbonyl (C=O) groups excluding carboxylic acids is 1. The summed E-state index contributed by atoms with van der Waals surface area (Å²) >= 11 is 1.64. The monoisotopic (exact) mass is 281 g/mol. The number of rotatable bonds is 6. The van der Waals surface area contributed by atoms with Gasteiger partial charge in [0, 0.05) is 11.9 Å². The van der Waals surface area contributed by atoms with Crippen molar-refractivity contribution in [3.8, 4) is 0 Å². The largest absolute Gasteiger partial charge is 0.356 e. The quantitative estimate of drug-likeness (QED) is 0.835. The summed E-state index contributed by atoms with van der Waals surface area (Å²) in [4.78, 5) is 16.2. The summed E-state index contributed by atoms with van der Waals surface area (Å²) in [6.45, 7) is 5.12. The van der Waals surface area contributed by atoms with Gasteiger partial charge < -0.3 is 10.6 Å². The van der Waals surface area contributed by atoms with Gasteiger partial charge in [0.05, 0.1) is 17.1 Å². The number of hydrogen-bond acceptors (Lipinski definition) is 4. The molecule has 1 unspecified atom stereocenters. The van der Waals surface area contributed by atoms with E-state index < -0.39 is 0 Å². The van der Waals surface area contributed by atoms with Crippen molar-refractivity contribution in [3.05, 3.63) is 16.1 Å². The number of amides is 1. The highest BCUT2D eigenvalue weighted by molar-refractivity contribution is 7.09. The average Bonchev–Trinajstić information content (AvgIpc) is 2.87. The molecule has 1 saturated heterocycles. The van der Waals surface area contributed by atoms with Crippen molar-refractivity contribution in [3.63, 3.8) is 0 Å². The van der Waals surface area contributed by atoms with Crippen molar-refractivity contribution >= 4 is 17.2 Å². The van der Waals surface area contributed by atoms with E-state index in [0.29, 0.717) is 6.42 Å². The fourth-order valence-corrected chi connectivity index (χ4v) is 3.15. The van der Waals surface area contributed by atoms with Crippen molar-refractivity contribution in [1.82, 2.24) is 15.6 Å². The topological polar surface area (TPSA) is 54.0 Å². The van der Waals surface area contributed by atoms with Gasteiger partial charge in [-0.1, -0.05) is 6.92 Å². The Balaban J connectivity index is 1.63. The van der Waals surface area contributed by atoms with Crippen molar-refractivity contribution in [2.75, 3.05) is 19.6 Å². The third-order valence-corrected chi connectivity index (χ3v) is 4.56. The molecule has 1 atom stereocenters. The van der Waals surface area contributed by atoms with Gasteiger partial charge >= 0.3 is 0 Å². The lowest BCUT2D eigenvalue weighted by Crippen LogP contribution is -2.33. The lowest BCUT2D eigenvalue weighted by Gasteiger charge is -2.22. The second-order valence-electron chi connectivity index (χ2n) is 5.11. The van der Waals surface area contributed by atoms with E-state index in [0.717, 1.165) is 49.1 Å². The second kappa shape index (κ2) is 7.60. The Hall–Kier alpha value is -0.940. The molecular weight excluding hydrogens is 258 g/mol. The van der Waals surface area contributed by atoms with Crippen molar-refractivity contribution in [1.29, 1.82) is 0 Å². The predicted molar refractivity (Wildman–Crippen MR) is 78.4 cm³/mol. The second-order valence-corrected chi connectivity index (χ2v) is 6.06. The molecule has 19 heavy (non-hydrogen) atoms. The molecule has 1 amide bonds. The third kappa shape index (κ3) is 4.91. The highest BCUT2D eigenvalue weighted by Crippen LogP contribution is 2.13. The van der Waals surface area contributed by atoms with E-state index in [9.17, 15) is 4.79 Å². The van der Waals surface area contributed by atoms with Gasteiger partial charge in [0.1, 0.15) is 0 Å². The number of carbonyl (C=O) groups is 1. The molecule has 1 aliphatic rings. The molecule has 1 aliphatic heterocycles. The van der Waals surface area contributed by atoms with E-state index in [1.807, 2.05) is 5.38 Å². The predicted octanol–water partition coefficient (Wildman–Crippen LogP) is 1.75. The number of hydrogen-bond donors (Lipinski definition) is 2. The molecule has 0 saturated carbocycles. The van der Waals surface area contributed by atoms with Gasteiger partial charge in [-0.3, -0.25) is 4.79 Å². The van der Waals surface area contributed by atoms with Crippen LogP contribution in [0.15, 0.2) is 5.38 Å². The summed E-state index contributed by atoms with van der Waals surface area (Å²) in [5.41, 5.74) is 0.902. The van der Waals surface area contributed by atoms with E-state index in [-0.39, 0.29) is 5.91 Å². The van der Waals surface area contributed by atoms with Crippen LogP contribution < -0.4 is 10.6 Å². The normalized spacial score (nSPS) is 19.3. The minimum Gasteiger partial charge on any atom is -0.356 e. The van der Waals surface area contributed by atoms with Crippen molar-refractivity contribution in [2.45, 2.75) is 39.0 Å². The lowest BCUT2D eigenvalue weighted by atomic mass is 9.96. The van der Waals surface area contributed by atoms with Crippen LogP contribution in [0.25, 0.3) is 0 Å². The molecule has 0 aromatic carbocycles. The summed E-state index contributed by atoms with van der Waals surface area (Å²) in [7, 11) is 0. The Kier molecular flexibility index (Phi) is 5.79. The summed E-state index contributed by atoms with van der Waals surface area (Å²) in [6.07, 6.45) is 4.99. The number of thiazole rings is 1. The summed E-state index contributed by atoms with van der Waals surface area (Å²) < 4.78 is 0. The van der Waals surface area contributed by atoms with Crippen LogP contribution in [0.1, 0.15) is 36.9 Å². The molecule has 1 aromatic heterocycles. The Bertz CT molecular complexity index is 399. The number of aryl methyl sites for hydroxylation is 1. The Labute approximate surface area is 119 Å². The van der Waals surface area contributed by atoms with Gasteiger partial charge in [-0.05, 0) is 44.7 Å². The maximum absolute atomic E-state index is 11.8. The Morgan fingerprint density at radius 1 is 1.63 bits per heavy atom. The molecule has 2 rings (SSSR count). The molecule has 106 valence electrons. The van der Waals surface area contributed by atoms with Gasteiger partial charge in [-0.2, -0.15) is 0 Å². The van der Waals surface area contributed by atoms with Crippen LogP contribution in [-0.4, -0.2) is 30.5 Å². The van der Waals surface area contributed by atoms with Gasteiger partial charge in [-0.15, -0.1) is 11.3 Å². The number of piperidine rings is 1. The Morgan fingerprint density at radius 2 is 2.53 bits per heavy atom. The van der Waals surface area contributed by atoms with E-state index in [2.05, 4.69) is 22.5 Å². The third-order valence-electron chi connectivity index (χ3n) is 3.52. The number of nitrogens with one attached hydrogen (secondary N) is 2. The van der Waals surface area contributed by atoms with Crippen LogP contribution in [0.4, 0.5) is 0 Å². The first-order chi connectivity index (χ1) is 9.28. The molecule has 0 radical (unpaired) electrons. The molecule has 0 spiro atoms. The molecule has 1 aromatic rings. The van der Waals surface area contributed by atoms with Crippen LogP contribution in [0, 0.1) is 5.92 Å². The van der Waals surface area contributed by atoms with E-state index >= 15 is 0 Å². The van der Waals surface area contributed by atoms with E-state index in [1.54, 1.807) is 11.3 Å². The molecule has 1 fully saturated rings. The Morgan fingerprint density at radius 3 is 3.21 bits per heavy atom. The minimum absolute atomic E-state index is 0.0942. The maximum atomic E-state index is 11.8. The number of nitrogens with zero attached hydrogens (tertiary/aromatic N) is 1. The minimum atomic E-state index is 0.0942. The smallest absolute Gasteiger partial charge is 0.226 e. The van der Waals surface area contributed by atoms with Crippen LogP contribution in [-0.2, 0) is 17.6 Å². The van der Waals surface area contributed by atoms with Gasteiger partial charge in [0.25, 0.3) is 0 Å². The highest BCUT2D eigenvalue weighted by atomic mass is 32.1. The van der Waals surface area contributed by atoms with E-state index in [4.69, 9.17) is 0 Å². The van der Waals surface area contributed by atoms with E-state index in [1.165, 1.54) is 12.8 Å². The standard InChI is InChI=1S/C14H23N3OS/c1-2-14-17-12(10-19-14)8-13(18)16-7-5-11-4-3-6-15-9-11/h10-11,15H,2-9H2,1H3,(H,16,18). The molecule has 4 nitrogen and oxygen atoms in total. The highest BCUT2D eigenvalue weighted by Gasteiger charge is 2.13. The molecule has 2 heterocycles. The SMILES string of the molecule is CCc1nc(CC(=O)NCCC2CCCNC2)cs1. The van der Waals surface area contributed by atoms with Gasteiger partial charge in [0.2, 0.25) is 5.91 Å². The fourth-order valence-electron chi connectivity index (χ4n) is 2.41. The molecule has 5 heteroatoms. The van der Waals surface area contributed by atoms with Crippen molar-refractivity contribution < 1.29 is 4.79 Å². The van der Waals surface area contributed by atoms with Crippen LogP contribution in [0.5, 0.6) is 0 Å².